The quantitative estimate of drug-likeness (QED) is 0.117. The first-order valence-electron chi connectivity index (χ1n) is 15.8. The zero-order valence-electron chi connectivity index (χ0n) is 26.5. The van der Waals surface area contributed by atoms with Gasteiger partial charge in [0, 0.05) is 32.5 Å². The van der Waals surface area contributed by atoms with E-state index in [9.17, 15) is 19.2 Å². The lowest BCUT2D eigenvalue weighted by atomic mass is 9.98. The van der Waals surface area contributed by atoms with E-state index in [-0.39, 0.29) is 37.6 Å². The molecule has 0 fully saturated rings. The van der Waals surface area contributed by atoms with Crippen LogP contribution in [0.3, 0.4) is 0 Å². The molecule has 0 saturated carbocycles. The Kier molecular flexibility index (Phi) is 13.0. The molecule has 10 heteroatoms. The summed E-state index contributed by atoms with van der Waals surface area (Å²) in [6.07, 6.45) is 2.00. The number of hydrogen-bond acceptors (Lipinski definition) is 7. The second-order valence-electron chi connectivity index (χ2n) is 11.2. The fourth-order valence-electron chi connectivity index (χ4n) is 5.59. The third-order valence-corrected chi connectivity index (χ3v) is 8.12. The van der Waals surface area contributed by atoms with Crippen molar-refractivity contribution < 1.29 is 33.4 Å². The van der Waals surface area contributed by atoms with E-state index in [4.69, 9.17) is 9.47 Å². The number of alkyl carbamates (subject to hydrolysis) is 1. The van der Waals surface area contributed by atoms with Gasteiger partial charge in [-0.3, -0.25) is 14.5 Å². The fraction of sp³-hybridized carbons (Fsp3) is 0.389. The number of hydrogen-bond donors (Lipinski definition) is 2. The van der Waals surface area contributed by atoms with Crippen LogP contribution in [0.25, 0.3) is 11.1 Å². The number of unbranched alkanes of at least 4 members (excludes halogenated alkanes) is 2. The van der Waals surface area contributed by atoms with Crippen molar-refractivity contribution >= 4 is 24.1 Å². The standard InChI is InChI=1S/C36H43N3O7/c1-39(36(43)46-25-31-29-18-10-8-16-27(29)28-17-9-11-19-30(28)31)32(34(41)37-22-12-4-7-21-33(40)44-2)20-13-23-38-35(42)45-24-26-14-5-3-6-15-26/h3,5-6,8-11,14-19,31-32H,4,7,12-13,20-25H2,1-2H3,(H,37,41)(H,38,42)/t32-/m0/s1. The molecule has 0 unspecified atom stereocenters. The molecule has 244 valence electrons. The first-order chi connectivity index (χ1) is 22.4. The maximum absolute atomic E-state index is 13.3. The van der Waals surface area contributed by atoms with Gasteiger partial charge in [-0.1, -0.05) is 85.3 Å². The van der Waals surface area contributed by atoms with Gasteiger partial charge in [-0.25, -0.2) is 9.59 Å². The van der Waals surface area contributed by atoms with Gasteiger partial charge in [-0.05, 0) is 53.5 Å². The average Bonchev–Trinajstić information content (AvgIpc) is 3.41. The van der Waals surface area contributed by atoms with Crippen molar-refractivity contribution in [2.24, 2.45) is 0 Å². The fourth-order valence-corrected chi connectivity index (χ4v) is 5.59. The van der Waals surface area contributed by atoms with Crippen molar-refractivity contribution in [3.05, 3.63) is 95.6 Å². The lowest BCUT2D eigenvalue weighted by molar-refractivity contribution is -0.140. The van der Waals surface area contributed by atoms with Crippen LogP contribution in [0, 0.1) is 0 Å². The number of fused-ring (bicyclic) bond motifs is 3. The predicted octanol–water partition coefficient (Wildman–Crippen LogP) is 5.79. The highest BCUT2D eigenvalue weighted by molar-refractivity contribution is 5.85. The van der Waals surface area contributed by atoms with Gasteiger partial charge in [-0.15, -0.1) is 0 Å². The van der Waals surface area contributed by atoms with Crippen molar-refractivity contribution in [3.8, 4) is 11.1 Å². The second-order valence-corrected chi connectivity index (χ2v) is 11.2. The Balaban J connectivity index is 1.31. The number of benzene rings is 3. The molecule has 46 heavy (non-hydrogen) atoms. The lowest BCUT2D eigenvalue weighted by Crippen LogP contribution is -2.48. The van der Waals surface area contributed by atoms with E-state index < -0.39 is 18.2 Å². The molecule has 3 aromatic carbocycles. The summed E-state index contributed by atoms with van der Waals surface area (Å²) >= 11 is 0. The van der Waals surface area contributed by atoms with Crippen molar-refractivity contribution in [3.63, 3.8) is 0 Å². The summed E-state index contributed by atoms with van der Waals surface area (Å²) in [6, 6.07) is 24.8. The molecule has 3 amide bonds. The van der Waals surface area contributed by atoms with Gasteiger partial charge in [0.2, 0.25) is 5.91 Å². The van der Waals surface area contributed by atoms with Gasteiger partial charge in [0.25, 0.3) is 0 Å². The first-order valence-corrected chi connectivity index (χ1v) is 15.8. The third-order valence-electron chi connectivity index (χ3n) is 8.12. The van der Waals surface area contributed by atoms with E-state index in [1.165, 1.54) is 12.0 Å². The summed E-state index contributed by atoms with van der Waals surface area (Å²) in [5, 5.41) is 5.63. The lowest BCUT2D eigenvalue weighted by Gasteiger charge is -2.27. The third kappa shape index (κ3) is 9.57. The molecule has 0 heterocycles. The van der Waals surface area contributed by atoms with Crippen LogP contribution in [-0.4, -0.2) is 68.9 Å². The van der Waals surface area contributed by atoms with Crippen molar-refractivity contribution in [2.45, 2.75) is 57.1 Å². The molecule has 0 aromatic heterocycles. The predicted molar refractivity (Wildman–Crippen MR) is 174 cm³/mol. The maximum Gasteiger partial charge on any atom is 0.410 e. The van der Waals surface area contributed by atoms with Crippen LogP contribution in [0.1, 0.15) is 61.1 Å². The molecule has 3 aromatic rings. The second kappa shape index (κ2) is 17.6. The number of rotatable bonds is 16. The van der Waals surface area contributed by atoms with Crippen molar-refractivity contribution in [2.75, 3.05) is 33.9 Å². The largest absolute Gasteiger partial charge is 0.469 e. The first kappa shape index (κ1) is 34.0. The summed E-state index contributed by atoms with van der Waals surface area (Å²) < 4.78 is 15.7. The minimum absolute atomic E-state index is 0.104. The summed E-state index contributed by atoms with van der Waals surface area (Å²) in [5.41, 5.74) is 5.35. The number of esters is 1. The van der Waals surface area contributed by atoms with Crippen LogP contribution in [0.2, 0.25) is 0 Å². The molecule has 1 aliphatic carbocycles. The molecule has 10 nitrogen and oxygen atoms in total. The molecule has 0 saturated heterocycles. The van der Waals surface area contributed by atoms with Crippen LogP contribution in [0.15, 0.2) is 78.9 Å². The topological polar surface area (TPSA) is 123 Å². The number of likely N-dealkylation sites (N-methyl/N-ethyl adjacent to an activating group) is 1. The maximum atomic E-state index is 13.3. The molecule has 4 rings (SSSR count). The Labute approximate surface area is 270 Å². The van der Waals surface area contributed by atoms with E-state index in [0.29, 0.717) is 38.6 Å². The molecular formula is C36H43N3O7. The summed E-state index contributed by atoms with van der Waals surface area (Å²) in [6.45, 7) is 0.963. The highest BCUT2D eigenvalue weighted by Crippen LogP contribution is 2.44. The zero-order chi connectivity index (χ0) is 32.7. The van der Waals surface area contributed by atoms with Crippen LogP contribution in [0.5, 0.6) is 0 Å². The smallest absolute Gasteiger partial charge is 0.410 e. The normalized spacial score (nSPS) is 12.3. The highest BCUT2D eigenvalue weighted by atomic mass is 16.6. The Bertz CT molecular complexity index is 1420. The van der Waals surface area contributed by atoms with Crippen LogP contribution < -0.4 is 10.6 Å². The molecule has 1 atom stereocenters. The Morgan fingerprint density at radius 3 is 2.07 bits per heavy atom. The molecule has 0 spiro atoms. The van der Waals surface area contributed by atoms with Gasteiger partial charge < -0.3 is 24.8 Å². The van der Waals surface area contributed by atoms with Gasteiger partial charge in [0.15, 0.2) is 0 Å². The molecule has 0 bridgehead atoms. The van der Waals surface area contributed by atoms with E-state index >= 15 is 0 Å². The molecule has 0 radical (unpaired) electrons. The minimum atomic E-state index is -0.812. The Morgan fingerprint density at radius 1 is 0.761 bits per heavy atom. The molecule has 2 N–H and O–H groups in total. The summed E-state index contributed by atoms with van der Waals surface area (Å²) in [4.78, 5) is 51.5. The number of methoxy groups -OCH3 is 1. The SMILES string of the molecule is COC(=O)CCCCCNC(=O)[C@H](CCCNC(=O)OCc1ccccc1)N(C)C(=O)OCC1c2ccccc2-c2ccccc21. The number of ether oxygens (including phenoxy) is 3. The number of amides is 3. The van der Waals surface area contributed by atoms with E-state index in [1.54, 1.807) is 7.05 Å². The minimum Gasteiger partial charge on any atom is -0.469 e. The number of nitrogens with one attached hydrogen (secondary N) is 2. The monoisotopic (exact) mass is 629 g/mol. The van der Waals surface area contributed by atoms with Crippen LogP contribution >= 0.6 is 0 Å². The van der Waals surface area contributed by atoms with Gasteiger partial charge in [0.05, 0.1) is 7.11 Å². The van der Waals surface area contributed by atoms with Crippen LogP contribution in [0.4, 0.5) is 9.59 Å². The summed E-state index contributed by atoms with van der Waals surface area (Å²) in [5.74, 6) is -0.671. The number of carbonyl (C=O) groups is 4. The van der Waals surface area contributed by atoms with Gasteiger partial charge in [-0.2, -0.15) is 0 Å². The Morgan fingerprint density at radius 2 is 1.39 bits per heavy atom. The summed E-state index contributed by atoms with van der Waals surface area (Å²) in [7, 11) is 2.92. The molecule has 1 aliphatic rings. The zero-order valence-corrected chi connectivity index (χ0v) is 26.5. The highest BCUT2D eigenvalue weighted by Gasteiger charge is 2.32. The molecule has 0 aliphatic heterocycles. The molecular weight excluding hydrogens is 586 g/mol. The van der Waals surface area contributed by atoms with E-state index in [2.05, 4.69) is 39.6 Å². The number of carbonyl (C=O) groups excluding carboxylic acids is 4. The van der Waals surface area contributed by atoms with Gasteiger partial charge in [0.1, 0.15) is 19.3 Å². The average molecular weight is 630 g/mol. The van der Waals surface area contributed by atoms with Crippen molar-refractivity contribution in [1.29, 1.82) is 0 Å². The van der Waals surface area contributed by atoms with Crippen molar-refractivity contribution in [1.82, 2.24) is 15.5 Å². The van der Waals surface area contributed by atoms with Crippen LogP contribution in [-0.2, 0) is 30.4 Å². The van der Waals surface area contributed by atoms with Gasteiger partial charge >= 0.3 is 18.2 Å². The van der Waals surface area contributed by atoms with E-state index in [0.717, 1.165) is 34.2 Å². The Hall–Kier alpha value is -4.86. The van der Waals surface area contributed by atoms with E-state index in [1.807, 2.05) is 54.6 Å². The number of nitrogens with zero attached hydrogens (tertiary/aromatic N) is 1.